The summed E-state index contributed by atoms with van der Waals surface area (Å²) in [5.74, 6) is -1.54. The largest absolute Gasteiger partial charge is 0.411 e. The Morgan fingerprint density at radius 2 is 1.33 bits per heavy atom. The van der Waals surface area contributed by atoms with E-state index in [1.54, 1.807) is 7.11 Å². The Morgan fingerprint density at radius 1 is 0.792 bits per heavy atom. The van der Waals surface area contributed by atoms with Crippen molar-refractivity contribution in [3.63, 3.8) is 0 Å². The van der Waals surface area contributed by atoms with Crippen LogP contribution in [0.1, 0.15) is 94.4 Å². The Bertz CT molecular complexity index is 1270. The molecule has 0 N–H and O–H groups in total. The summed E-state index contributed by atoms with van der Waals surface area (Å²) in [6.45, 7) is 25.5. The molecule has 2 saturated heterocycles. The molecule has 48 heavy (non-hydrogen) atoms. The number of ether oxygens (including phenoxy) is 4. The van der Waals surface area contributed by atoms with Gasteiger partial charge in [0.25, 0.3) is 8.32 Å². The first-order valence-corrected chi connectivity index (χ1v) is 24.1. The van der Waals surface area contributed by atoms with E-state index in [9.17, 15) is 0 Å². The molecular formula is C39H63IO6Si2. The monoisotopic (exact) mass is 810 g/mol. The summed E-state index contributed by atoms with van der Waals surface area (Å²) in [5.41, 5.74) is -0.350. The van der Waals surface area contributed by atoms with Gasteiger partial charge < -0.3 is 27.8 Å². The first kappa shape index (κ1) is 40.1. The lowest BCUT2D eigenvalue weighted by atomic mass is 9.84. The van der Waals surface area contributed by atoms with Crippen molar-refractivity contribution in [1.29, 1.82) is 0 Å². The van der Waals surface area contributed by atoms with Gasteiger partial charge in [-0.15, -0.1) is 0 Å². The van der Waals surface area contributed by atoms with E-state index in [-0.39, 0.29) is 34.0 Å². The van der Waals surface area contributed by atoms with Crippen LogP contribution in [0.4, 0.5) is 0 Å². The predicted molar refractivity (Wildman–Crippen MR) is 211 cm³/mol. The highest BCUT2D eigenvalue weighted by Gasteiger charge is 2.54. The van der Waals surface area contributed by atoms with Crippen LogP contribution >= 0.6 is 22.6 Å². The average molecular weight is 811 g/mol. The van der Waals surface area contributed by atoms with Crippen molar-refractivity contribution in [2.75, 3.05) is 18.1 Å². The van der Waals surface area contributed by atoms with Crippen LogP contribution in [0.25, 0.3) is 0 Å². The molecular weight excluding hydrogens is 747 g/mol. The molecule has 0 aliphatic carbocycles. The number of rotatable bonds is 12. The van der Waals surface area contributed by atoms with Crippen molar-refractivity contribution in [3.8, 4) is 0 Å². The molecule has 270 valence electrons. The summed E-state index contributed by atoms with van der Waals surface area (Å²) in [6, 6.07) is 21.7. The van der Waals surface area contributed by atoms with Crippen molar-refractivity contribution >= 4 is 49.6 Å². The number of halogens is 1. The number of hydrogen-bond acceptors (Lipinski definition) is 6. The number of hydrogen-bond donors (Lipinski definition) is 0. The van der Waals surface area contributed by atoms with Crippen molar-refractivity contribution in [1.82, 2.24) is 0 Å². The highest BCUT2D eigenvalue weighted by molar-refractivity contribution is 14.1. The molecule has 5 atom stereocenters. The maximum atomic E-state index is 7.25. The van der Waals surface area contributed by atoms with Gasteiger partial charge in [-0.3, -0.25) is 0 Å². The molecule has 0 radical (unpaired) electrons. The standard InChI is InChI=1S/C39H63IO6Si2/c1-35(2,3)47(11,12)46-38(9)26-32(28-40)45-39(29-38,41-10)27-31-25-30(43-37(7,8)44-31)23-24-42-48(36(4,5)6,33-19-15-13-16-20-33)34-21-17-14-18-22-34/h13-22,30-32H,23-29H2,1-12H3/t30-,31-,32+,38-,39+/m0/s1. The molecule has 2 aliphatic rings. The molecule has 0 unspecified atom stereocenters. The van der Waals surface area contributed by atoms with Crippen molar-refractivity contribution in [3.05, 3.63) is 60.7 Å². The van der Waals surface area contributed by atoms with Gasteiger partial charge in [-0.25, -0.2) is 0 Å². The van der Waals surface area contributed by atoms with Gasteiger partial charge in [0, 0.05) is 43.8 Å². The van der Waals surface area contributed by atoms with Gasteiger partial charge in [0.2, 0.25) is 0 Å². The van der Waals surface area contributed by atoms with Gasteiger partial charge in [-0.05, 0) is 60.7 Å². The van der Waals surface area contributed by atoms with Crippen LogP contribution < -0.4 is 10.4 Å². The summed E-state index contributed by atoms with van der Waals surface area (Å²) >= 11 is 2.44. The van der Waals surface area contributed by atoms with Crippen LogP contribution in [0.3, 0.4) is 0 Å². The molecule has 0 aromatic heterocycles. The van der Waals surface area contributed by atoms with Crippen LogP contribution in [-0.2, 0) is 27.8 Å². The Kier molecular flexibility index (Phi) is 12.7. The maximum Gasteiger partial charge on any atom is 0.261 e. The minimum Gasteiger partial charge on any atom is -0.411 e. The molecule has 0 bridgehead atoms. The SMILES string of the molecule is CO[C@@]1(C[C@@H]2C[C@H](CCO[Si](c3ccccc3)(c3ccccc3)C(C)(C)C)OC(C)(C)O2)C[C@@](C)(O[Si](C)(C)C(C)(C)C)C[C@H](CI)O1. The minimum absolute atomic E-state index is 0.0234. The Labute approximate surface area is 307 Å². The van der Waals surface area contributed by atoms with E-state index >= 15 is 0 Å². The lowest BCUT2D eigenvalue weighted by Crippen LogP contribution is -2.66. The van der Waals surface area contributed by atoms with E-state index < -0.39 is 28.2 Å². The lowest BCUT2D eigenvalue weighted by Gasteiger charge is -2.53. The first-order chi connectivity index (χ1) is 22.2. The highest BCUT2D eigenvalue weighted by atomic mass is 127. The van der Waals surface area contributed by atoms with Gasteiger partial charge in [0.05, 0.1) is 23.9 Å². The second-order valence-electron chi connectivity index (χ2n) is 17.3. The third-order valence-corrected chi connectivity index (χ3v) is 21.3. The molecule has 2 fully saturated rings. The number of alkyl halides is 1. The summed E-state index contributed by atoms with van der Waals surface area (Å²) in [6.07, 6.45) is 3.58. The zero-order chi connectivity index (χ0) is 35.7. The van der Waals surface area contributed by atoms with Crippen molar-refractivity contribution < 1.29 is 27.8 Å². The van der Waals surface area contributed by atoms with E-state index in [4.69, 9.17) is 27.8 Å². The van der Waals surface area contributed by atoms with E-state index in [0.717, 1.165) is 23.7 Å². The van der Waals surface area contributed by atoms with E-state index in [2.05, 4.69) is 145 Å². The fraction of sp³-hybridized carbons (Fsp3) is 0.692. The molecule has 0 amide bonds. The van der Waals surface area contributed by atoms with Gasteiger partial charge in [0.1, 0.15) is 0 Å². The van der Waals surface area contributed by atoms with Crippen molar-refractivity contribution in [2.45, 2.75) is 153 Å². The smallest absolute Gasteiger partial charge is 0.261 e. The Balaban J connectivity index is 1.54. The fourth-order valence-electron chi connectivity index (χ4n) is 7.74. The molecule has 9 heteroatoms. The second-order valence-corrected chi connectivity index (χ2v) is 27.2. The zero-order valence-corrected chi connectivity index (χ0v) is 35.9. The quantitative estimate of drug-likeness (QED) is 0.121. The fourth-order valence-corrected chi connectivity index (χ4v) is 14.5. The molecule has 0 spiro atoms. The van der Waals surface area contributed by atoms with Crippen molar-refractivity contribution in [2.24, 2.45) is 0 Å². The number of methoxy groups -OCH3 is 1. The maximum absolute atomic E-state index is 7.25. The van der Waals surface area contributed by atoms with Gasteiger partial charge >= 0.3 is 0 Å². The Hall–Kier alpha value is -0.636. The zero-order valence-electron chi connectivity index (χ0n) is 31.8. The summed E-state index contributed by atoms with van der Waals surface area (Å²) < 4.78 is 41.6. The normalized spacial score (nSPS) is 28.7. The third-order valence-electron chi connectivity index (χ3n) is 10.7. The summed E-state index contributed by atoms with van der Waals surface area (Å²) in [5, 5.41) is 2.62. The third kappa shape index (κ3) is 9.23. The van der Waals surface area contributed by atoms with Crippen LogP contribution in [0, 0.1) is 0 Å². The molecule has 6 nitrogen and oxygen atoms in total. The van der Waals surface area contributed by atoms with E-state index in [1.807, 2.05) is 13.8 Å². The Morgan fingerprint density at radius 3 is 1.81 bits per heavy atom. The molecule has 4 rings (SSSR count). The molecule has 2 heterocycles. The van der Waals surface area contributed by atoms with E-state index in [0.29, 0.717) is 19.4 Å². The van der Waals surface area contributed by atoms with Gasteiger partial charge in [0.15, 0.2) is 19.9 Å². The molecule has 2 aromatic rings. The van der Waals surface area contributed by atoms with E-state index in [1.165, 1.54) is 10.4 Å². The van der Waals surface area contributed by atoms with Crippen LogP contribution in [0.2, 0.25) is 23.2 Å². The summed E-state index contributed by atoms with van der Waals surface area (Å²) in [7, 11) is -2.90. The second kappa shape index (κ2) is 15.1. The van der Waals surface area contributed by atoms with Gasteiger partial charge in [-0.1, -0.05) is 125 Å². The molecule has 0 saturated carbocycles. The topological polar surface area (TPSA) is 55.4 Å². The van der Waals surface area contributed by atoms with Gasteiger partial charge in [-0.2, -0.15) is 0 Å². The molecule has 2 aromatic carbocycles. The van der Waals surface area contributed by atoms with Crippen LogP contribution in [-0.4, -0.2) is 70.3 Å². The average Bonchev–Trinajstić information content (AvgIpc) is 2.97. The first-order valence-electron chi connectivity index (χ1n) is 17.8. The minimum atomic E-state index is -2.64. The highest BCUT2D eigenvalue weighted by Crippen LogP contribution is 2.48. The number of benzene rings is 2. The van der Waals surface area contributed by atoms with Crippen LogP contribution in [0.15, 0.2) is 60.7 Å². The summed E-state index contributed by atoms with van der Waals surface area (Å²) in [4.78, 5) is 0. The van der Waals surface area contributed by atoms with Crippen LogP contribution in [0.5, 0.6) is 0 Å². The lowest BCUT2D eigenvalue weighted by molar-refractivity contribution is -0.339. The predicted octanol–water partition coefficient (Wildman–Crippen LogP) is 8.99. The molecule has 2 aliphatic heterocycles.